The molecule has 0 saturated heterocycles. The van der Waals surface area contributed by atoms with Crippen LogP contribution in [0.3, 0.4) is 0 Å². The van der Waals surface area contributed by atoms with Gasteiger partial charge in [-0.3, -0.25) is 9.78 Å². The van der Waals surface area contributed by atoms with Crippen LogP contribution in [0.25, 0.3) is 0 Å². The number of carbonyl (C=O) groups is 1. The van der Waals surface area contributed by atoms with Gasteiger partial charge < -0.3 is 20.7 Å². The van der Waals surface area contributed by atoms with Crippen molar-refractivity contribution in [1.29, 1.82) is 0 Å². The number of benzene rings is 1. The summed E-state index contributed by atoms with van der Waals surface area (Å²) in [4.78, 5) is 16.0. The topological polar surface area (TPSA) is 101 Å². The molecule has 28 heavy (non-hydrogen) atoms. The van der Waals surface area contributed by atoms with Crippen LogP contribution in [0.2, 0.25) is 0 Å². The van der Waals surface area contributed by atoms with Crippen molar-refractivity contribution in [3.63, 3.8) is 0 Å². The average molecular weight is 378 g/mol. The molecule has 8 nitrogen and oxygen atoms in total. The Kier molecular flexibility index (Phi) is 6.73. The van der Waals surface area contributed by atoms with Crippen molar-refractivity contribution in [2.24, 2.45) is 0 Å². The maximum Gasteiger partial charge on any atom is 0.224 e. The molecule has 0 spiro atoms. The van der Waals surface area contributed by atoms with Gasteiger partial charge in [-0.25, -0.2) is 0 Å². The van der Waals surface area contributed by atoms with Crippen molar-refractivity contribution in [3.8, 4) is 5.75 Å². The molecule has 3 aromatic rings. The van der Waals surface area contributed by atoms with E-state index in [1.165, 1.54) is 0 Å². The molecule has 8 heteroatoms. The lowest BCUT2D eigenvalue weighted by molar-refractivity contribution is -0.120. The van der Waals surface area contributed by atoms with E-state index >= 15 is 0 Å². The monoisotopic (exact) mass is 378 g/mol. The highest BCUT2D eigenvalue weighted by Crippen LogP contribution is 2.13. The molecule has 0 saturated carbocycles. The van der Waals surface area contributed by atoms with Crippen LogP contribution in [-0.4, -0.2) is 41.3 Å². The zero-order valence-corrected chi connectivity index (χ0v) is 15.6. The zero-order valence-electron chi connectivity index (χ0n) is 15.6. The van der Waals surface area contributed by atoms with Crippen molar-refractivity contribution in [3.05, 3.63) is 66.5 Å². The third-order valence-electron chi connectivity index (χ3n) is 3.88. The second-order valence-corrected chi connectivity index (χ2v) is 5.97. The summed E-state index contributed by atoms with van der Waals surface area (Å²) in [6, 6.07) is 14.8. The highest BCUT2D eigenvalue weighted by Gasteiger charge is 2.04. The maximum atomic E-state index is 12.0. The highest BCUT2D eigenvalue weighted by atomic mass is 16.5. The molecular formula is C20H22N6O2. The summed E-state index contributed by atoms with van der Waals surface area (Å²) < 4.78 is 5.11. The lowest BCUT2D eigenvalue weighted by atomic mass is 10.1. The van der Waals surface area contributed by atoms with Gasteiger partial charge in [-0.2, -0.15) is 0 Å². The normalized spacial score (nSPS) is 10.2. The fourth-order valence-electron chi connectivity index (χ4n) is 2.46. The molecule has 0 unspecified atom stereocenters. The summed E-state index contributed by atoms with van der Waals surface area (Å²) in [5, 5.41) is 17.3. The van der Waals surface area contributed by atoms with E-state index in [0.717, 1.165) is 17.0 Å². The van der Waals surface area contributed by atoms with Gasteiger partial charge >= 0.3 is 0 Å². The van der Waals surface area contributed by atoms with Gasteiger partial charge in [0.05, 0.1) is 25.4 Å². The van der Waals surface area contributed by atoms with Gasteiger partial charge in [0.15, 0.2) is 5.82 Å². The molecule has 1 aromatic carbocycles. The lowest BCUT2D eigenvalue weighted by Gasteiger charge is -2.08. The van der Waals surface area contributed by atoms with Gasteiger partial charge in [-0.15, -0.1) is 10.2 Å². The molecule has 0 aliphatic rings. The van der Waals surface area contributed by atoms with E-state index in [1.807, 2.05) is 48.5 Å². The molecule has 144 valence electrons. The largest absolute Gasteiger partial charge is 0.497 e. The second kappa shape index (κ2) is 9.86. The third kappa shape index (κ3) is 5.94. The number of pyridine rings is 1. The quantitative estimate of drug-likeness (QED) is 0.492. The molecule has 0 atom stereocenters. The molecule has 0 radical (unpaired) electrons. The predicted molar refractivity (Wildman–Crippen MR) is 108 cm³/mol. The summed E-state index contributed by atoms with van der Waals surface area (Å²) in [6.07, 6.45) is 3.75. The van der Waals surface area contributed by atoms with Crippen LogP contribution in [0.1, 0.15) is 5.56 Å². The molecule has 1 amide bonds. The Bertz CT molecular complexity index is 869. The Labute approximate surface area is 163 Å². The van der Waals surface area contributed by atoms with E-state index in [9.17, 15) is 4.79 Å². The van der Waals surface area contributed by atoms with Crippen LogP contribution in [0.4, 0.5) is 17.3 Å². The van der Waals surface area contributed by atoms with Crippen LogP contribution in [0, 0.1) is 0 Å². The number of ether oxygens (including phenoxy) is 1. The van der Waals surface area contributed by atoms with Gasteiger partial charge in [-0.05, 0) is 42.0 Å². The number of carbonyl (C=O) groups excluding carboxylic acids is 1. The molecule has 3 N–H and O–H groups in total. The first-order chi connectivity index (χ1) is 13.7. The third-order valence-corrected chi connectivity index (χ3v) is 3.88. The minimum absolute atomic E-state index is 0.0333. The maximum absolute atomic E-state index is 12.0. The summed E-state index contributed by atoms with van der Waals surface area (Å²) in [5.41, 5.74) is 1.78. The molecule has 0 fully saturated rings. The Morgan fingerprint density at radius 3 is 2.46 bits per heavy atom. The first kappa shape index (κ1) is 19.1. The van der Waals surface area contributed by atoms with Crippen molar-refractivity contribution >= 4 is 23.2 Å². The number of nitrogens with zero attached hydrogens (tertiary/aromatic N) is 3. The Morgan fingerprint density at radius 2 is 1.79 bits per heavy atom. The van der Waals surface area contributed by atoms with Crippen molar-refractivity contribution in [2.75, 3.05) is 30.8 Å². The summed E-state index contributed by atoms with van der Waals surface area (Å²) >= 11 is 0. The zero-order chi connectivity index (χ0) is 19.6. The summed E-state index contributed by atoms with van der Waals surface area (Å²) in [6.45, 7) is 1.05. The number of anilines is 3. The van der Waals surface area contributed by atoms with E-state index in [0.29, 0.717) is 31.1 Å². The number of amides is 1. The van der Waals surface area contributed by atoms with Gasteiger partial charge in [-0.1, -0.05) is 12.1 Å². The number of hydrogen-bond acceptors (Lipinski definition) is 7. The molecule has 3 rings (SSSR count). The number of rotatable bonds is 9. The van der Waals surface area contributed by atoms with E-state index in [1.54, 1.807) is 19.5 Å². The Balaban J connectivity index is 1.37. The predicted octanol–water partition coefficient (Wildman–Crippen LogP) is 2.39. The highest BCUT2D eigenvalue weighted by molar-refractivity contribution is 5.78. The molecule has 2 aromatic heterocycles. The molecule has 0 aliphatic carbocycles. The van der Waals surface area contributed by atoms with Gasteiger partial charge in [0.1, 0.15) is 11.6 Å². The van der Waals surface area contributed by atoms with Gasteiger partial charge in [0.2, 0.25) is 5.91 Å². The summed E-state index contributed by atoms with van der Waals surface area (Å²) in [5.74, 6) is 2.01. The van der Waals surface area contributed by atoms with Crippen LogP contribution >= 0.6 is 0 Å². The van der Waals surface area contributed by atoms with Crippen molar-refractivity contribution in [2.45, 2.75) is 6.42 Å². The second-order valence-electron chi connectivity index (χ2n) is 5.97. The van der Waals surface area contributed by atoms with Crippen molar-refractivity contribution in [1.82, 2.24) is 20.5 Å². The molecule has 0 bridgehead atoms. The smallest absolute Gasteiger partial charge is 0.224 e. The number of nitrogens with one attached hydrogen (secondary N) is 3. The standard InChI is InChI=1S/C20H22N6O2/c1-28-17-6-4-15(5-7-17)13-20(27)23-12-11-22-18-8-9-19(26-25-18)24-16-3-2-10-21-14-16/h2-10,14H,11-13H2,1H3,(H,22,25)(H,23,27)(H,24,26). The van der Waals surface area contributed by atoms with Crippen LogP contribution in [0.15, 0.2) is 60.9 Å². The van der Waals surface area contributed by atoms with E-state index < -0.39 is 0 Å². The Morgan fingerprint density at radius 1 is 1.00 bits per heavy atom. The Hall–Kier alpha value is -3.68. The first-order valence-corrected chi connectivity index (χ1v) is 8.87. The lowest BCUT2D eigenvalue weighted by Crippen LogP contribution is -2.30. The minimum Gasteiger partial charge on any atom is -0.497 e. The molecular weight excluding hydrogens is 356 g/mol. The van der Waals surface area contributed by atoms with Crippen LogP contribution in [0.5, 0.6) is 5.75 Å². The van der Waals surface area contributed by atoms with Crippen LogP contribution < -0.4 is 20.7 Å². The van der Waals surface area contributed by atoms with E-state index in [4.69, 9.17) is 4.74 Å². The minimum atomic E-state index is -0.0333. The van der Waals surface area contributed by atoms with Crippen molar-refractivity contribution < 1.29 is 9.53 Å². The number of methoxy groups -OCH3 is 1. The fourth-order valence-corrected chi connectivity index (χ4v) is 2.46. The molecule has 0 aliphatic heterocycles. The van der Waals surface area contributed by atoms with Crippen LogP contribution in [-0.2, 0) is 11.2 Å². The number of aromatic nitrogens is 3. The van der Waals surface area contributed by atoms with E-state index in [2.05, 4.69) is 31.1 Å². The molecule has 2 heterocycles. The fraction of sp³-hybridized carbons (Fsp3) is 0.200. The SMILES string of the molecule is COc1ccc(CC(=O)NCCNc2ccc(Nc3cccnc3)nn2)cc1. The van der Waals surface area contributed by atoms with Gasteiger partial charge in [0, 0.05) is 19.3 Å². The summed E-state index contributed by atoms with van der Waals surface area (Å²) in [7, 11) is 1.61. The average Bonchev–Trinajstić information content (AvgIpc) is 2.74. The van der Waals surface area contributed by atoms with E-state index in [-0.39, 0.29) is 5.91 Å². The number of hydrogen-bond donors (Lipinski definition) is 3. The first-order valence-electron chi connectivity index (χ1n) is 8.87. The van der Waals surface area contributed by atoms with Gasteiger partial charge in [0.25, 0.3) is 0 Å².